The molecule has 2 atom stereocenters. The highest BCUT2D eigenvalue weighted by molar-refractivity contribution is 9.10. The smallest absolute Gasteiger partial charge is 0.410 e. The molecule has 26 heavy (non-hydrogen) atoms. The monoisotopic (exact) mass is 425 g/mol. The molecule has 0 bridgehead atoms. The highest BCUT2D eigenvalue weighted by Crippen LogP contribution is 2.29. The molecule has 1 fully saturated rings. The lowest BCUT2D eigenvalue weighted by molar-refractivity contribution is 0.00646. The van der Waals surface area contributed by atoms with E-state index in [1.54, 1.807) is 0 Å². The fraction of sp³-hybridized carbons (Fsp3) is 0.667. The van der Waals surface area contributed by atoms with Gasteiger partial charge >= 0.3 is 6.09 Å². The zero-order chi connectivity index (χ0) is 19.3. The van der Waals surface area contributed by atoms with Gasteiger partial charge in [-0.3, -0.25) is 0 Å². The van der Waals surface area contributed by atoms with E-state index < -0.39 is 5.60 Å². The van der Waals surface area contributed by atoms with E-state index in [1.807, 2.05) is 43.9 Å². The maximum atomic E-state index is 12.3. The quantitative estimate of drug-likeness (QED) is 0.546. The second kappa shape index (κ2) is 9.12. The Balaban J connectivity index is 1.72. The molecule has 0 radical (unpaired) electrons. The van der Waals surface area contributed by atoms with E-state index in [0.29, 0.717) is 5.92 Å². The molecule has 1 aliphatic heterocycles. The summed E-state index contributed by atoms with van der Waals surface area (Å²) in [5, 5.41) is 0. The maximum absolute atomic E-state index is 12.3. The number of hydrogen-bond acceptors (Lipinski definition) is 3. The second-order valence-electron chi connectivity index (χ2n) is 8.27. The normalized spacial score (nSPS) is 20.8. The number of nitrogens with zero attached hydrogens (tertiary/aromatic N) is 1. The minimum absolute atomic E-state index is 0.183. The number of rotatable bonds is 5. The van der Waals surface area contributed by atoms with Gasteiger partial charge in [-0.2, -0.15) is 0 Å². The second-order valence-corrected chi connectivity index (χ2v) is 9.12. The van der Waals surface area contributed by atoms with Crippen LogP contribution in [-0.2, 0) is 4.74 Å². The topological polar surface area (TPSA) is 38.8 Å². The number of hydrogen-bond donors (Lipinski definition) is 0. The first-order valence-electron chi connectivity index (χ1n) is 9.55. The van der Waals surface area contributed by atoms with Crippen LogP contribution >= 0.6 is 15.9 Å². The summed E-state index contributed by atoms with van der Waals surface area (Å²) in [6, 6.07) is 6.28. The fourth-order valence-corrected chi connectivity index (χ4v) is 3.77. The molecule has 0 aliphatic carbocycles. The summed E-state index contributed by atoms with van der Waals surface area (Å²) in [6.07, 6.45) is 4.07. The number of likely N-dealkylation sites (tertiary alicyclic amines) is 1. The van der Waals surface area contributed by atoms with Crippen molar-refractivity contribution in [2.75, 3.05) is 13.2 Å². The van der Waals surface area contributed by atoms with Crippen molar-refractivity contribution in [3.8, 4) is 5.75 Å². The molecule has 1 amide bonds. The van der Waals surface area contributed by atoms with E-state index in [2.05, 4.69) is 29.8 Å². The summed E-state index contributed by atoms with van der Waals surface area (Å²) in [7, 11) is 0. The van der Waals surface area contributed by atoms with Gasteiger partial charge in [0.2, 0.25) is 0 Å². The van der Waals surface area contributed by atoms with Crippen molar-refractivity contribution in [3.63, 3.8) is 0 Å². The minimum Gasteiger partial charge on any atom is -0.493 e. The molecule has 1 saturated heterocycles. The molecule has 0 N–H and O–H groups in total. The van der Waals surface area contributed by atoms with Gasteiger partial charge in [-0.05, 0) is 78.4 Å². The van der Waals surface area contributed by atoms with Crippen LogP contribution in [0.1, 0.15) is 58.9 Å². The fourth-order valence-electron chi connectivity index (χ4n) is 3.42. The Morgan fingerprint density at radius 3 is 2.73 bits per heavy atom. The Morgan fingerprint density at radius 1 is 1.35 bits per heavy atom. The molecule has 1 aromatic rings. The standard InChI is InChI=1S/C21H32BrNO3/c1-15-14-17(11-12-23(15)20(24)26-21(3,4)5)8-7-13-25-19-10-6-9-18(22)16(19)2/h6,9-10,15,17H,7-8,11-14H2,1-5H3/t15-,17-/m0/s1. The Hall–Kier alpha value is -1.23. The van der Waals surface area contributed by atoms with E-state index in [4.69, 9.17) is 9.47 Å². The van der Waals surface area contributed by atoms with Gasteiger partial charge < -0.3 is 14.4 Å². The van der Waals surface area contributed by atoms with Crippen molar-refractivity contribution in [2.24, 2.45) is 5.92 Å². The van der Waals surface area contributed by atoms with Gasteiger partial charge in [0.1, 0.15) is 11.4 Å². The molecular formula is C21H32BrNO3. The molecule has 0 unspecified atom stereocenters. The van der Waals surface area contributed by atoms with Crippen LogP contribution in [-0.4, -0.2) is 35.8 Å². The predicted octanol–water partition coefficient (Wildman–Crippen LogP) is 5.95. The van der Waals surface area contributed by atoms with Crippen LogP contribution in [0.2, 0.25) is 0 Å². The lowest BCUT2D eigenvalue weighted by Gasteiger charge is -2.38. The summed E-state index contributed by atoms with van der Waals surface area (Å²) < 4.78 is 12.5. The predicted molar refractivity (Wildman–Crippen MR) is 109 cm³/mol. The first-order chi connectivity index (χ1) is 12.2. The van der Waals surface area contributed by atoms with Crippen molar-refractivity contribution >= 4 is 22.0 Å². The zero-order valence-electron chi connectivity index (χ0n) is 16.7. The molecule has 0 spiro atoms. The Kier molecular flexibility index (Phi) is 7.39. The highest BCUT2D eigenvalue weighted by atomic mass is 79.9. The lowest BCUT2D eigenvalue weighted by Crippen LogP contribution is -2.46. The van der Waals surface area contributed by atoms with Crippen molar-refractivity contribution in [1.82, 2.24) is 4.90 Å². The summed E-state index contributed by atoms with van der Waals surface area (Å²) >= 11 is 3.54. The summed E-state index contributed by atoms with van der Waals surface area (Å²) in [6.45, 7) is 11.4. The molecule has 4 nitrogen and oxygen atoms in total. The van der Waals surface area contributed by atoms with Crippen LogP contribution in [0.4, 0.5) is 4.79 Å². The molecule has 0 aromatic heterocycles. The number of halogens is 1. The van der Waals surface area contributed by atoms with Gasteiger partial charge in [-0.25, -0.2) is 4.79 Å². The van der Waals surface area contributed by atoms with Crippen LogP contribution in [0.3, 0.4) is 0 Å². The van der Waals surface area contributed by atoms with Gasteiger partial charge in [0.25, 0.3) is 0 Å². The number of amides is 1. The molecule has 5 heteroatoms. The van der Waals surface area contributed by atoms with Crippen LogP contribution in [0, 0.1) is 12.8 Å². The summed E-state index contributed by atoms with van der Waals surface area (Å²) in [5.74, 6) is 1.60. The third-order valence-corrected chi connectivity index (χ3v) is 5.70. The molecule has 1 aromatic carbocycles. The van der Waals surface area contributed by atoms with Gasteiger partial charge in [-0.15, -0.1) is 0 Å². The van der Waals surface area contributed by atoms with Crippen molar-refractivity contribution in [3.05, 3.63) is 28.2 Å². The van der Waals surface area contributed by atoms with Gasteiger partial charge in [0.05, 0.1) is 6.61 Å². The maximum Gasteiger partial charge on any atom is 0.410 e. The Morgan fingerprint density at radius 2 is 2.08 bits per heavy atom. The first kappa shape index (κ1) is 21.1. The number of carbonyl (C=O) groups excluding carboxylic acids is 1. The number of carbonyl (C=O) groups is 1. The molecule has 2 rings (SSSR count). The van der Waals surface area contributed by atoms with Gasteiger partial charge in [0, 0.05) is 22.6 Å². The van der Waals surface area contributed by atoms with Crippen molar-refractivity contribution in [2.45, 2.75) is 71.9 Å². The average Bonchev–Trinajstić information content (AvgIpc) is 2.53. The third-order valence-electron chi connectivity index (χ3n) is 4.85. The number of benzene rings is 1. The summed E-state index contributed by atoms with van der Waals surface area (Å²) in [5.41, 5.74) is 0.710. The first-order valence-corrected chi connectivity index (χ1v) is 10.3. The zero-order valence-corrected chi connectivity index (χ0v) is 18.3. The van der Waals surface area contributed by atoms with Crippen LogP contribution in [0.5, 0.6) is 5.75 Å². The average molecular weight is 426 g/mol. The van der Waals surface area contributed by atoms with E-state index >= 15 is 0 Å². The van der Waals surface area contributed by atoms with E-state index in [1.165, 1.54) is 0 Å². The van der Waals surface area contributed by atoms with Crippen LogP contribution in [0.15, 0.2) is 22.7 Å². The van der Waals surface area contributed by atoms with Crippen LogP contribution in [0.25, 0.3) is 0 Å². The van der Waals surface area contributed by atoms with E-state index in [0.717, 1.165) is 54.6 Å². The lowest BCUT2D eigenvalue weighted by atomic mass is 9.88. The third kappa shape index (κ3) is 6.19. The Labute approximate surface area is 166 Å². The summed E-state index contributed by atoms with van der Waals surface area (Å²) in [4.78, 5) is 14.2. The molecular weight excluding hydrogens is 394 g/mol. The van der Waals surface area contributed by atoms with Crippen molar-refractivity contribution < 1.29 is 14.3 Å². The molecule has 146 valence electrons. The molecule has 1 aliphatic rings. The van der Waals surface area contributed by atoms with Gasteiger partial charge in [-0.1, -0.05) is 22.0 Å². The molecule has 0 saturated carbocycles. The largest absolute Gasteiger partial charge is 0.493 e. The number of ether oxygens (including phenoxy) is 2. The van der Waals surface area contributed by atoms with Crippen molar-refractivity contribution in [1.29, 1.82) is 0 Å². The Bertz CT molecular complexity index is 612. The molecule has 1 heterocycles. The van der Waals surface area contributed by atoms with E-state index in [-0.39, 0.29) is 12.1 Å². The van der Waals surface area contributed by atoms with Crippen LogP contribution < -0.4 is 4.74 Å². The minimum atomic E-state index is -0.435. The highest BCUT2D eigenvalue weighted by Gasteiger charge is 2.31. The van der Waals surface area contributed by atoms with E-state index in [9.17, 15) is 4.79 Å². The SMILES string of the molecule is Cc1c(Br)cccc1OCCC[C@H]1CCN(C(=O)OC(C)(C)C)[C@@H](C)C1. The number of piperidine rings is 1. The van der Waals surface area contributed by atoms with Gasteiger partial charge in [0.15, 0.2) is 0 Å².